The number of hydrogen-bond acceptors (Lipinski definition) is 10. The Balaban J connectivity index is 1.12. The van der Waals surface area contributed by atoms with Crippen molar-refractivity contribution in [3.05, 3.63) is 30.0 Å². The molecule has 47 heavy (non-hydrogen) atoms. The van der Waals surface area contributed by atoms with Crippen molar-refractivity contribution in [2.75, 3.05) is 62.3 Å². The lowest BCUT2D eigenvalue weighted by Crippen LogP contribution is -2.51. The maximum Gasteiger partial charge on any atom is 0.407 e. The van der Waals surface area contributed by atoms with Gasteiger partial charge in [0.05, 0.1) is 19.9 Å². The molecular weight excluding hydrogens is 598 g/mol. The Labute approximate surface area is 277 Å². The van der Waals surface area contributed by atoms with E-state index in [1.165, 1.54) is 0 Å². The fourth-order valence-electron chi connectivity index (χ4n) is 6.40. The Hall–Kier alpha value is -4.29. The molecule has 0 radical (unpaired) electrons. The summed E-state index contributed by atoms with van der Waals surface area (Å²) >= 11 is 0. The predicted molar refractivity (Wildman–Crippen MR) is 184 cm³/mol. The number of carbonyl (C=O) groups is 2. The molecule has 5 rings (SSSR count). The first kappa shape index (κ1) is 34.1. The number of alkyl carbamates (subject to hydrolysis) is 1. The van der Waals surface area contributed by atoms with Gasteiger partial charge in [0, 0.05) is 62.5 Å². The van der Waals surface area contributed by atoms with Crippen molar-refractivity contribution in [3.8, 4) is 5.75 Å². The number of amides is 2. The van der Waals surface area contributed by atoms with Crippen LogP contribution in [-0.4, -0.2) is 88.6 Å². The number of carbonyl (C=O) groups excluding carboxylic acids is 2. The van der Waals surface area contributed by atoms with E-state index in [1.807, 2.05) is 36.5 Å². The molecule has 256 valence electrons. The number of benzene rings is 1. The molecule has 1 saturated heterocycles. The number of aromatic nitrogens is 4. The molecule has 2 amide bonds. The van der Waals surface area contributed by atoms with E-state index in [-0.39, 0.29) is 23.9 Å². The quantitative estimate of drug-likeness (QED) is 0.250. The van der Waals surface area contributed by atoms with Crippen LogP contribution in [0.2, 0.25) is 0 Å². The van der Waals surface area contributed by atoms with Crippen LogP contribution in [0.4, 0.5) is 22.2 Å². The summed E-state index contributed by atoms with van der Waals surface area (Å²) in [5, 5.41) is 11.0. The fourth-order valence-corrected chi connectivity index (χ4v) is 6.40. The van der Waals surface area contributed by atoms with Crippen molar-refractivity contribution in [1.29, 1.82) is 0 Å². The molecule has 3 heterocycles. The highest BCUT2D eigenvalue weighted by atomic mass is 16.6. The third-order valence-electron chi connectivity index (χ3n) is 8.94. The minimum Gasteiger partial charge on any atom is -0.496 e. The highest BCUT2D eigenvalue weighted by molar-refractivity contribution is 5.85. The molecule has 2 aromatic heterocycles. The van der Waals surface area contributed by atoms with E-state index < -0.39 is 5.60 Å². The highest BCUT2D eigenvalue weighted by Gasteiger charge is 2.31. The lowest BCUT2D eigenvalue weighted by Gasteiger charge is -2.39. The van der Waals surface area contributed by atoms with Gasteiger partial charge in [-0.25, -0.2) is 9.78 Å². The molecule has 2 aliphatic rings. The first-order valence-electron chi connectivity index (χ1n) is 16.9. The van der Waals surface area contributed by atoms with Gasteiger partial charge in [-0.15, -0.1) is 0 Å². The number of fused-ring (bicyclic) bond motifs is 1. The van der Waals surface area contributed by atoms with Crippen LogP contribution in [0.5, 0.6) is 5.75 Å². The van der Waals surface area contributed by atoms with Gasteiger partial charge in [-0.05, 0) is 64.9 Å². The molecule has 0 unspecified atom stereocenters. The van der Waals surface area contributed by atoms with Crippen LogP contribution in [0.25, 0.3) is 11.0 Å². The maximum atomic E-state index is 13.4. The van der Waals surface area contributed by atoms with E-state index in [0.29, 0.717) is 48.9 Å². The Morgan fingerprint density at radius 1 is 1.06 bits per heavy atom. The van der Waals surface area contributed by atoms with Crippen LogP contribution in [0.1, 0.15) is 71.8 Å². The van der Waals surface area contributed by atoms with Crippen molar-refractivity contribution in [3.63, 3.8) is 0 Å². The predicted octanol–water partition coefficient (Wildman–Crippen LogP) is 4.66. The summed E-state index contributed by atoms with van der Waals surface area (Å²) in [6, 6.07) is 6.26. The van der Waals surface area contributed by atoms with E-state index in [9.17, 15) is 9.59 Å². The molecular formula is C34H51N9O4. The zero-order valence-corrected chi connectivity index (χ0v) is 28.6. The number of piperazine rings is 1. The van der Waals surface area contributed by atoms with E-state index in [0.717, 1.165) is 75.2 Å². The molecule has 0 spiro atoms. The SMILES string of the molecule is CCCCNc1nc(N)nc2cn(Cc3ccc(N4CCN(C(=O)[C@H]5CC[C@H](CNC(=O)OC(C)(C)C)CC5)CC4)cc3OC)nc12. The molecule has 0 atom stereocenters. The average molecular weight is 650 g/mol. The van der Waals surface area contributed by atoms with Gasteiger partial charge in [0.25, 0.3) is 0 Å². The van der Waals surface area contributed by atoms with Crippen LogP contribution in [0.3, 0.4) is 0 Å². The minimum atomic E-state index is -0.507. The lowest BCUT2D eigenvalue weighted by molar-refractivity contribution is -0.137. The molecule has 1 aliphatic heterocycles. The molecule has 0 bridgehead atoms. The molecule has 4 N–H and O–H groups in total. The number of methoxy groups -OCH3 is 1. The van der Waals surface area contributed by atoms with E-state index in [2.05, 4.69) is 50.6 Å². The van der Waals surface area contributed by atoms with Crippen LogP contribution in [0.15, 0.2) is 24.4 Å². The summed E-state index contributed by atoms with van der Waals surface area (Å²) in [7, 11) is 1.68. The third kappa shape index (κ3) is 8.95. The summed E-state index contributed by atoms with van der Waals surface area (Å²) in [6.07, 6.45) is 7.21. The number of nitrogen functional groups attached to an aromatic ring is 1. The molecule has 13 nitrogen and oxygen atoms in total. The van der Waals surface area contributed by atoms with Crippen molar-refractivity contribution in [1.82, 2.24) is 30.0 Å². The van der Waals surface area contributed by atoms with E-state index in [1.54, 1.807) is 7.11 Å². The highest BCUT2D eigenvalue weighted by Crippen LogP contribution is 2.32. The zero-order valence-electron chi connectivity index (χ0n) is 28.6. The van der Waals surface area contributed by atoms with Crippen LogP contribution < -0.4 is 26.0 Å². The summed E-state index contributed by atoms with van der Waals surface area (Å²) in [6.45, 7) is 12.5. The Kier molecular flexibility index (Phi) is 10.9. The van der Waals surface area contributed by atoms with Gasteiger partial charge in [0.1, 0.15) is 16.9 Å². The summed E-state index contributed by atoms with van der Waals surface area (Å²) in [4.78, 5) is 38.5. The summed E-state index contributed by atoms with van der Waals surface area (Å²) in [5.74, 6) is 2.36. The van der Waals surface area contributed by atoms with Crippen LogP contribution >= 0.6 is 0 Å². The minimum absolute atomic E-state index is 0.0586. The molecule has 1 aliphatic carbocycles. The van der Waals surface area contributed by atoms with E-state index in [4.69, 9.17) is 20.3 Å². The van der Waals surface area contributed by atoms with Crippen molar-refractivity contribution >= 4 is 40.5 Å². The van der Waals surface area contributed by atoms with Gasteiger partial charge in [0.2, 0.25) is 11.9 Å². The van der Waals surface area contributed by atoms with Crippen molar-refractivity contribution in [2.45, 2.75) is 78.4 Å². The third-order valence-corrected chi connectivity index (χ3v) is 8.94. The number of nitrogens with zero attached hydrogens (tertiary/aromatic N) is 6. The van der Waals surface area contributed by atoms with Gasteiger partial charge in [-0.3, -0.25) is 9.48 Å². The Morgan fingerprint density at radius 2 is 1.81 bits per heavy atom. The van der Waals surface area contributed by atoms with E-state index >= 15 is 0 Å². The monoisotopic (exact) mass is 649 g/mol. The maximum absolute atomic E-state index is 13.4. The molecule has 3 aromatic rings. The zero-order chi connectivity index (χ0) is 33.6. The topological polar surface area (TPSA) is 153 Å². The standard InChI is InChI=1S/C34H51N9O4/c1-6-7-14-36-30-29-27(38-32(35)39-30)22-43(40-29)21-25-12-13-26(19-28(25)46-5)41-15-17-42(18-16-41)31(44)24-10-8-23(9-11-24)20-37-33(45)47-34(2,3)4/h12-13,19,22-24H,6-11,14-18,20-21H2,1-5H3,(H,37,45)(H3,35,36,38,39)/t23-,24-. The number of anilines is 3. The number of rotatable bonds is 11. The first-order valence-corrected chi connectivity index (χ1v) is 16.9. The number of nitrogens with two attached hydrogens (primary N) is 1. The Morgan fingerprint density at radius 3 is 2.49 bits per heavy atom. The smallest absolute Gasteiger partial charge is 0.407 e. The van der Waals surface area contributed by atoms with Crippen LogP contribution in [0, 0.1) is 11.8 Å². The number of unbranched alkanes of at least 4 members (excludes halogenated alkanes) is 1. The van der Waals surface area contributed by atoms with Gasteiger partial charge in [-0.2, -0.15) is 10.1 Å². The second-order valence-electron chi connectivity index (χ2n) is 13.7. The second-order valence-corrected chi connectivity index (χ2v) is 13.7. The molecule has 1 aromatic carbocycles. The van der Waals surface area contributed by atoms with Gasteiger partial charge in [0.15, 0.2) is 11.3 Å². The molecule has 2 fully saturated rings. The lowest BCUT2D eigenvalue weighted by atomic mass is 9.81. The van der Waals surface area contributed by atoms with Crippen molar-refractivity contribution < 1.29 is 19.1 Å². The number of ether oxygens (including phenoxy) is 2. The second kappa shape index (κ2) is 15.1. The Bertz CT molecular complexity index is 1520. The van der Waals surface area contributed by atoms with Gasteiger partial charge >= 0.3 is 6.09 Å². The van der Waals surface area contributed by atoms with Gasteiger partial charge < -0.3 is 35.6 Å². The molecule has 1 saturated carbocycles. The number of nitrogens with one attached hydrogen (secondary N) is 2. The van der Waals surface area contributed by atoms with Gasteiger partial charge in [-0.1, -0.05) is 19.4 Å². The average Bonchev–Trinajstić information content (AvgIpc) is 3.45. The summed E-state index contributed by atoms with van der Waals surface area (Å²) < 4.78 is 13.0. The van der Waals surface area contributed by atoms with Crippen LogP contribution in [-0.2, 0) is 16.1 Å². The summed E-state index contributed by atoms with van der Waals surface area (Å²) in [5.41, 5.74) is 8.92. The fraction of sp³-hybridized carbons (Fsp3) is 0.618. The largest absolute Gasteiger partial charge is 0.496 e. The first-order chi connectivity index (χ1) is 22.5. The normalized spacial score (nSPS) is 18.7. The van der Waals surface area contributed by atoms with Crippen molar-refractivity contribution in [2.24, 2.45) is 11.8 Å². The molecule has 13 heteroatoms. The number of hydrogen-bond donors (Lipinski definition) is 3.